The molecule has 148 valence electrons. The Bertz CT molecular complexity index is 1120. The number of aryl methyl sites for hydroxylation is 1. The van der Waals surface area contributed by atoms with Crippen LogP contribution in [-0.2, 0) is 13.0 Å². The van der Waals surface area contributed by atoms with E-state index < -0.39 is 0 Å². The van der Waals surface area contributed by atoms with E-state index in [0.29, 0.717) is 19.0 Å². The van der Waals surface area contributed by atoms with Crippen LogP contribution in [0, 0.1) is 12.8 Å². The van der Waals surface area contributed by atoms with Crippen LogP contribution in [0.4, 0.5) is 0 Å². The predicted octanol–water partition coefficient (Wildman–Crippen LogP) is 4.30. The van der Waals surface area contributed by atoms with E-state index in [4.69, 9.17) is 9.40 Å². The molecular formula is C23H23N3O2S. The van der Waals surface area contributed by atoms with Gasteiger partial charge in [0.2, 0.25) is 5.89 Å². The Labute approximate surface area is 173 Å². The minimum absolute atomic E-state index is 0.199. The number of benzene rings is 1. The first-order chi connectivity index (χ1) is 14.2. The molecule has 0 saturated carbocycles. The van der Waals surface area contributed by atoms with E-state index in [9.17, 15) is 5.11 Å². The summed E-state index contributed by atoms with van der Waals surface area (Å²) in [4.78, 5) is 12.5. The molecule has 0 bridgehead atoms. The third kappa shape index (κ3) is 3.71. The molecule has 1 aliphatic rings. The highest BCUT2D eigenvalue weighted by Crippen LogP contribution is 2.29. The topological polar surface area (TPSA) is 62.4 Å². The van der Waals surface area contributed by atoms with Crippen molar-refractivity contribution in [3.05, 3.63) is 71.1 Å². The fourth-order valence-electron chi connectivity index (χ4n) is 4.18. The SMILES string of the molecule is Cc1oc(-c2cccs2)nc1CN1C[C@@H](Cc2ccnc3ccccc23)[C@H](O)C1. The second-order valence-corrected chi connectivity index (χ2v) is 8.66. The Hall–Kier alpha value is -2.54. The van der Waals surface area contributed by atoms with Gasteiger partial charge in [0.1, 0.15) is 5.76 Å². The molecule has 3 aromatic heterocycles. The summed E-state index contributed by atoms with van der Waals surface area (Å²) in [5.41, 5.74) is 3.21. The van der Waals surface area contributed by atoms with Gasteiger partial charge in [-0.05, 0) is 42.5 Å². The average Bonchev–Trinajstić information content (AvgIpc) is 3.45. The maximum absolute atomic E-state index is 10.7. The molecule has 2 atom stereocenters. The zero-order chi connectivity index (χ0) is 19.8. The number of para-hydroxylation sites is 1. The number of likely N-dealkylation sites (tertiary alicyclic amines) is 1. The Kier molecular flexibility index (Phi) is 4.91. The van der Waals surface area contributed by atoms with Crippen molar-refractivity contribution in [2.75, 3.05) is 13.1 Å². The van der Waals surface area contributed by atoms with Crippen LogP contribution in [-0.4, -0.2) is 39.2 Å². The molecule has 6 heteroatoms. The summed E-state index contributed by atoms with van der Waals surface area (Å²) in [6.45, 7) is 4.17. The number of fused-ring (bicyclic) bond motifs is 1. The summed E-state index contributed by atoms with van der Waals surface area (Å²) in [5.74, 6) is 1.74. The molecular weight excluding hydrogens is 382 g/mol. The molecule has 5 rings (SSSR count). The number of pyridine rings is 1. The molecule has 1 N–H and O–H groups in total. The van der Waals surface area contributed by atoms with Crippen LogP contribution in [0.2, 0.25) is 0 Å². The number of aliphatic hydroxyl groups is 1. The van der Waals surface area contributed by atoms with Crippen molar-refractivity contribution in [1.29, 1.82) is 0 Å². The summed E-state index contributed by atoms with van der Waals surface area (Å²) >= 11 is 1.63. The van der Waals surface area contributed by atoms with Gasteiger partial charge in [0.15, 0.2) is 0 Å². The predicted molar refractivity (Wildman–Crippen MR) is 115 cm³/mol. The van der Waals surface area contributed by atoms with Crippen LogP contribution in [0.3, 0.4) is 0 Å². The molecule has 1 saturated heterocycles. The van der Waals surface area contributed by atoms with Gasteiger partial charge in [-0.3, -0.25) is 9.88 Å². The Morgan fingerprint density at radius 1 is 1.17 bits per heavy atom. The summed E-state index contributed by atoms with van der Waals surface area (Å²) in [6.07, 6.45) is 2.37. The Morgan fingerprint density at radius 3 is 2.93 bits per heavy atom. The number of β-amino-alcohol motifs (C(OH)–C–C–N with tert-alkyl or cyclic N) is 1. The molecule has 0 amide bonds. The summed E-state index contributed by atoms with van der Waals surface area (Å²) in [6, 6.07) is 14.3. The molecule has 1 aromatic carbocycles. The second-order valence-electron chi connectivity index (χ2n) is 7.71. The second kappa shape index (κ2) is 7.71. The maximum atomic E-state index is 10.7. The van der Waals surface area contributed by atoms with E-state index in [1.807, 2.05) is 48.8 Å². The number of hydrogen-bond acceptors (Lipinski definition) is 6. The lowest BCUT2D eigenvalue weighted by molar-refractivity contribution is 0.141. The van der Waals surface area contributed by atoms with E-state index in [0.717, 1.165) is 34.8 Å². The summed E-state index contributed by atoms with van der Waals surface area (Å²) in [5, 5.41) is 13.9. The molecule has 0 spiro atoms. The van der Waals surface area contributed by atoms with Gasteiger partial charge in [-0.15, -0.1) is 11.3 Å². The molecule has 4 aromatic rings. The number of aromatic nitrogens is 2. The lowest BCUT2D eigenvalue weighted by Crippen LogP contribution is -2.22. The normalized spacial score (nSPS) is 19.9. The minimum Gasteiger partial charge on any atom is -0.440 e. The lowest BCUT2D eigenvalue weighted by Gasteiger charge is -2.15. The van der Waals surface area contributed by atoms with Crippen molar-refractivity contribution in [3.63, 3.8) is 0 Å². The smallest absolute Gasteiger partial charge is 0.236 e. The van der Waals surface area contributed by atoms with Gasteiger partial charge in [0.25, 0.3) is 0 Å². The van der Waals surface area contributed by atoms with Crippen LogP contribution in [0.1, 0.15) is 17.0 Å². The number of oxazole rings is 1. The van der Waals surface area contributed by atoms with Crippen LogP contribution in [0.25, 0.3) is 21.7 Å². The van der Waals surface area contributed by atoms with Gasteiger partial charge in [-0.2, -0.15) is 0 Å². The molecule has 0 aliphatic carbocycles. The van der Waals surface area contributed by atoms with E-state index in [-0.39, 0.29) is 12.0 Å². The van der Waals surface area contributed by atoms with Gasteiger partial charge in [0, 0.05) is 37.1 Å². The number of thiophene rings is 1. The quantitative estimate of drug-likeness (QED) is 0.537. The minimum atomic E-state index is -0.342. The monoisotopic (exact) mass is 405 g/mol. The van der Waals surface area contributed by atoms with E-state index in [1.54, 1.807) is 11.3 Å². The Morgan fingerprint density at radius 2 is 2.07 bits per heavy atom. The van der Waals surface area contributed by atoms with Gasteiger partial charge in [-0.25, -0.2) is 4.98 Å². The molecule has 4 heterocycles. The molecule has 1 aliphatic heterocycles. The van der Waals surface area contributed by atoms with E-state index in [2.05, 4.69) is 22.0 Å². The summed E-state index contributed by atoms with van der Waals surface area (Å²) < 4.78 is 5.87. The van der Waals surface area contributed by atoms with Crippen LogP contribution in [0.5, 0.6) is 0 Å². The lowest BCUT2D eigenvalue weighted by atomic mass is 9.94. The van der Waals surface area contributed by atoms with Crippen LogP contribution in [0.15, 0.2) is 58.5 Å². The fraction of sp³-hybridized carbons (Fsp3) is 0.304. The summed E-state index contributed by atoms with van der Waals surface area (Å²) in [7, 11) is 0. The van der Waals surface area contributed by atoms with E-state index in [1.165, 1.54) is 10.9 Å². The van der Waals surface area contributed by atoms with Gasteiger partial charge in [-0.1, -0.05) is 24.3 Å². The molecule has 0 radical (unpaired) electrons. The van der Waals surface area contributed by atoms with Crippen LogP contribution < -0.4 is 0 Å². The number of hydrogen-bond donors (Lipinski definition) is 1. The highest BCUT2D eigenvalue weighted by molar-refractivity contribution is 7.13. The first-order valence-electron chi connectivity index (χ1n) is 9.90. The van der Waals surface area contributed by atoms with Crippen molar-refractivity contribution >= 4 is 22.2 Å². The third-order valence-corrected chi connectivity index (χ3v) is 6.56. The van der Waals surface area contributed by atoms with Gasteiger partial charge >= 0.3 is 0 Å². The van der Waals surface area contributed by atoms with Crippen molar-refractivity contribution in [3.8, 4) is 10.8 Å². The zero-order valence-electron chi connectivity index (χ0n) is 16.3. The third-order valence-electron chi connectivity index (χ3n) is 5.70. The standard InChI is InChI=1S/C23H23N3O2S/c1-15-20(25-23(28-15)22-7-4-10-29-22)13-26-12-17(21(27)14-26)11-16-8-9-24-19-6-3-2-5-18(16)19/h2-10,17,21,27H,11-14H2,1H3/t17-,21-/m1/s1. The first-order valence-corrected chi connectivity index (χ1v) is 10.8. The molecule has 0 unspecified atom stereocenters. The highest BCUT2D eigenvalue weighted by atomic mass is 32.1. The van der Waals surface area contributed by atoms with Crippen molar-refractivity contribution < 1.29 is 9.52 Å². The van der Waals surface area contributed by atoms with Gasteiger partial charge < -0.3 is 9.52 Å². The van der Waals surface area contributed by atoms with Crippen molar-refractivity contribution in [1.82, 2.24) is 14.9 Å². The largest absolute Gasteiger partial charge is 0.440 e. The Balaban J connectivity index is 1.30. The van der Waals surface area contributed by atoms with Gasteiger partial charge in [0.05, 0.1) is 22.2 Å². The number of rotatable bonds is 5. The fourth-order valence-corrected chi connectivity index (χ4v) is 4.83. The molecule has 5 nitrogen and oxygen atoms in total. The van der Waals surface area contributed by atoms with Crippen molar-refractivity contribution in [2.24, 2.45) is 5.92 Å². The first kappa shape index (κ1) is 18.5. The van der Waals surface area contributed by atoms with Crippen LogP contribution >= 0.6 is 11.3 Å². The van der Waals surface area contributed by atoms with E-state index >= 15 is 0 Å². The highest BCUT2D eigenvalue weighted by Gasteiger charge is 2.32. The zero-order valence-corrected chi connectivity index (χ0v) is 17.1. The number of nitrogens with zero attached hydrogens (tertiary/aromatic N) is 3. The number of aliphatic hydroxyl groups excluding tert-OH is 1. The average molecular weight is 406 g/mol. The molecule has 1 fully saturated rings. The maximum Gasteiger partial charge on any atom is 0.236 e. The molecule has 29 heavy (non-hydrogen) atoms. The van der Waals surface area contributed by atoms with Crippen molar-refractivity contribution in [2.45, 2.75) is 26.0 Å².